The Morgan fingerprint density at radius 1 is 1.16 bits per heavy atom. The molecule has 1 amide bonds. The molecule has 2 aromatic carbocycles. The first-order chi connectivity index (χ1) is 11.7. The lowest BCUT2D eigenvalue weighted by atomic mass is 10.2. The fourth-order valence-electron chi connectivity index (χ4n) is 1.89. The third kappa shape index (κ3) is 5.74. The van der Waals surface area contributed by atoms with E-state index < -0.39 is 20.8 Å². The van der Waals surface area contributed by atoms with Crippen molar-refractivity contribution in [2.45, 2.75) is 9.96 Å². The second-order valence-electron chi connectivity index (χ2n) is 4.91. The Morgan fingerprint density at radius 3 is 2.36 bits per heavy atom. The lowest BCUT2D eigenvalue weighted by Crippen LogP contribution is -2.49. The second kappa shape index (κ2) is 8.23. The third-order valence-corrected chi connectivity index (χ3v) is 4.26. The standard InChI is InChI=1S/C15H11BrCl3N3O3/c16-10-4-6-11(7-5-10)20-14(15(17,18)19)21-13(23)9-2-1-3-12(8-9)22(24)25/h1-8,14,20H,(H,21,23)/t14-/m0/s1. The summed E-state index contributed by atoms with van der Waals surface area (Å²) in [5.74, 6) is -0.621. The number of amides is 1. The molecular formula is C15H11BrCl3N3O3. The molecule has 0 unspecified atom stereocenters. The number of carbonyl (C=O) groups is 1. The molecule has 25 heavy (non-hydrogen) atoms. The summed E-state index contributed by atoms with van der Waals surface area (Å²) in [6, 6.07) is 12.3. The van der Waals surface area contributed by atoms with E-state index >= 15 is 0 Å². The Morgan fingerprint density at radius 2 is 1.80 bits per heavy atom. The minimum Gasteiger partial charge on any atom is -0.362 e. The van der Waals surface area contributed by atoms with Crippen molar-refractivity contribution >= 4 is 68.0 Å². The van der Waals surface area contributed by atoms with Gasteiger partial charge < -0.3 is 10.6 Å². The zero-order chi connectivity index (χ0) is 18.6. The summed E-state index contributed by atoms with van der Waals surface area (Å²) in [5, 5.41) is 16.2. The lowest BCUT2D eigenvalue weighted by molar-refractivity contribution is -0.384. The van der Waals surface area contributed by atoms with Crippen LogP contribution in [0.25, 0.3) is 0 Å². The van der Waals surface area contributed by atoms with Crippen molar-refractivity contribution in [3.8, 4) is 0 Å². The van der Waals surface area contributed by atoms with E-state index in [-0.39, 0.29) is 11.3 Å². The smallest absolute Gasteiger partial charge is 0.270 e. The number of anilines is 1. The van der Waals surface area contributed by atoms with E-state index in [2.05, 4.69) is 26.6 Å². The molecule has 0 aliphatic rings. The van der Waals surface area contributed by atoms with Crippen LogP contribution in [-0.4, -0.2) is 20.8 Å². The van der Waals surface area contributed by atoms with Crippen molar-refractivity contribution in [1.82, 2.24) is 5.32 Å². The second-order valence-corrected chi connectivity index (χ2v) is 8.19. The number of benzene rings is 2. The molecule has 0 heterocycles. The van der Waals surface area contributed by atoms with Gasteiger partial charge in [-0.15, -0.1) is 0 Å². The number of non-ortho nitro benzene ring substituents is 1. The molecule has 1 atom stereocenters. The Kier molecular flexibility index (Phi) is 6.51. The molecule has 0 saturated heterocycles. The highest BCUT2D eigenvalue weighted by Crippen LogP contribution is 2.31. The monoisotopic (exact) mass is 465 g/mol. The largest absolute Gasteiger partial charge is 0.362 e. The maximum atomic E-state index is 12.4. The fraction of sp³-hybridized carbons (Fsp3) is 0.133. The molecule has 2 N–H and O–H groups in total. The highest BCUT2D eigenvalue weighted by molar-refractivity contribution is 9.10. The average Bonchev–Trinajstić information content (AvgIpc) is 2.55. The molecule has 2 rings (SSSR count). The summed E-state index contributed by atoms with van der Waals surface area (Å²) in [6.07, 6.45) is -1.06. The van der Waals surface area contributed by atoms with E-state index in [0.29, 0.717) is 5.69 Å². The molecule has 10 heteroatoms. The van der Waals surface area contributed by atoms with Crippen molar-refractivity contribution < 1.29 is 9.72 Å². The summed E-state index contributed by atoms with van der Waals surface area (Å²) < 4.78 is -0.993. The predicted molar refractivity (Wildman–Crippen MR) is 102 cm³/mol. The van der Waals surface area contributed by atoms with E-state index in [9.17, 15) is 14.9 Å². The van der Waals surface area contributed by atoms with Gasteiger partial charge in [-0.25, -0.2) is 0 Å². The Labute approximate surface area is 166 Å². The van der Waals surface area contributed by atoms with Crippen LogP contribution >= 0.6 is 50.7 Å². The number of nitrogens with one attached hydrogen (secondary N) is 2. The highest BCUT2D eigenvalue weighted by atomic mass is 79.9. The van der Waals surface area contributed by atoms with Crippen LogP contribution in [0.15, 0.2) is 53.0 Å². The van der Waals surface area contributed by atoms with Crippen LogP contribution in [0.3, 0.4) is 0 Å². The number of hydrogen-bond donors (Lipinski definition) is 2. The molecule has 0 aromatic heterocycles. The predicted octanol–water partition coefficient (Wildman–Crippen LogP) is 4.90. The van der Waals surface area contributed by atoms with E-state index in [1.54, 1.807) is 24.3 Å². The number of hydrogen-bond acceptors (Lipinski definition) is 4. The first-order valence-electron chi connectivity index (χ1n) is 6.81. The summed E-state index contributed by atoms with van der Waals surface area (Å²) in [7, 11) is 0. The molecule has 2 aromatic rings. The molecule has 0 spiro atoms. The normalized spacial score (nSPS) is 12.3. The van der Waals surface area contributed by atoms with Crippen LogP contribution in [-0.2, 0) is 0 Å². The molecule has 0 aliphatic heterocycles. The number of halogens is 4. The van der Waals surface area contributed by atoms with Gasteiger partial charge >= 0.3 is 0 Å². The number of alkyl halides is 3. The van der Waals surface area contributed by atoms with Gasteiger partial charge in [0.05, 0.1) is 4.92 Å². The van der Waals surface area contributed by atoms with Crippen LogP contribution in [0.5, 0.6) is 0 Å². The summed E-state index contributed by atoms with van der Waals surface area (Å²) in [5.41, 5.74) is 0.476. The van der Waals surface area contributed by atoms with Gasteiger partial charge in [-0.3, -0.25) is 14.9 Å². The summed E-state index contributed by atoms with van der Waals surface area (Å²) >= 11 is 21.1. The number of rotatable bonds is 5. The van der Waals surface area contributed by atoms with E-state index in [1.807, 2.05) is 0 Å². The van der Waals surface area contributed by atoms with E-state index in [0.717, 1.165) is 10.5 Å². The zero-order valence-corrected chi connectivity index (χ0v) is 16.2. The van der Waals surface area contributed by atoms with Gasteiger partial charge in [-0.2, -0.15) is 0 Å². The van der Waals surface area contributed by atoms with Crippen molar-refractivity contribution in [2.24, 2.45) is 0 Å². The Bertz CT molecular complexity index is 782. The minimum atomic E-state index is -1.86. The molecule has 0 fully saturated rings. The van der Waals surface area contributed by atoms with Crippen LogP contribution in [0.2, 0.25) is 0 Å². The maximum absolute atomic E-state index is 12.4. The summed E-state index contributed by atoms with van der Waals surface area (Å²) in [6.45, 7) is 0. The van der Waals surface area contributed by atoms with E-state index in [4.69, 9.17) is 34.8 Å². The fourth-order valence-corrected chi connectivity index (χ4v) is 2.48. The summed E-state index contributed by atoms with van der Waals surface area (Å²) in [4.78, 5) is 22.6. The third-order valence-electron chi connectivity index (χ3n) is 3.08. The zero-order valence-electron chi connectivity index (χ0n) is 12.4. The van der Waals surface area contributed by atoms with E-state index in [1.165, 1.54) is 18.2 Å². The molecule has 132 valence electrons. The van der Waals surface area contributed by atoms with Crippen LogP contribution < -0.4 is 10.6 Å². The van der Waals surface area contributed by atoms with Crippen molar-refractivity contribution in [3.63, 3.8) is 0 Å². The first kappa shape index (κ1) is 19.8. The Hall–Kier alpha value is -1.54. The maximum Gasteiger partial charge on any atom is 0.270 e. The van der Waals surface area contributed by atoms with Gasteiger partial charge in [0.15, 0.2) is 0 Å². The molecule has 0 radical (unpaired) electrons. The quantitative estimate of drug-likeness (QED) is 0.284. The SMILES string of the molecule is O=C(N[C@H](Nc1ccc(Br)cc1)C(Cl)(Cl)Cl)c1cccc([N+](=O)[O-])c1. The van der Waals surface area contributed by atoms with Crippen molar-refractivity contribution in [1.29, 1.82) is 0 Å². The highest BCUT2D eigenvalue weighted by Gasteiger charge is 2.34. The minimum absolute atomic E-state index is 0.0751. The van der Waals surface area contributed by atoms with Crippen LogP contribution in [0.1, 0.15) is 10.4 Å². The lowest BCUT2D eigenvalue weighted by Gasteiger charge is -2.27. The number of nitro groups is 1. The number of nitrogens with zero attached hydrogens (tertiary/aromatic N) is 1. The molecule has 0 bridgehead atoms. The first-order valence-corrected chi connectivity index (χ1v) is 8.73. The van der Waals surface area contributed by atoms with Crippen molar-refractivity contribution in [2.75, 3.05) is 5.32 Å². The van der Waals surface area contributed by atoms with Gasteiger partial charge in [-0.1, -0.05) is 56.8 Å². The number of nitro benzene ring substituents is 1. The van der Waals surface area contributed by atoms with Crippen molar-refractivity contribution in [3.05, 3.63) is 68.7 Å². The van der Waals surface area contributed by atoms with Gasteiger partial charge in [-0.05, 0) is 30.3 Å². The molecular weight excluding hydrogens is 456 g/mol. The molecule has 6 nitrogen and oxygen atoms in total. The van der Waals surface area contributed by atoms with Gasteiger partial charge in [0.1, 0.15) is 6.17 Å². The van der Waals surface area contributed by atoms with Gasteiger partial charge in [0.2, 0.25) is 3.79 Å². The molecule has 0 saturated carbocycles. The average molecular weight is 468 g/mol. The van der Waals surface area contributed by atoms with Gasteiger partial charge in [0.25, 0.3) is 11.6 Å². The van der Waals surface area contributed by atoms with Crippen LogP contribution in [0, 0.1) is 10.1 Å². The Balaban J connectivity index is 2.19. The van der Waals surface area contributed by atoms with Gasteiger partial charge in [0, 0.05) is 27.9 Å². The topological polar surface area (TPSA) is 84.3 Å². The number of carbonyl (C=O) groups excluding carboxylic acids is 1. The van der Waals surface area contributed by atoms with Crippen LogP contribution in [0.4, 0.5) is 11.4 Å². The molecule has 0 aliphatic carbocycles.